The summed E-state index contributed by atoms with van der Waals surface area (Å²) in [5.74, 6) is 0.258. The quantitative estimate of drug-likeness (QED) is 0.772. The van der Waals surface area contributed by atoms with Crippen LogP contribution < -0.4 is 5.32 Å². The largest absolute Gasteiger partial charge is 0.508 e. The minimum absolute atomic E-state index is 0.258. The SMILES string of the molecule is CCCCCNc1ccnc2cc(O)ccc12. The van der Waals surface area contributed by atoms with Crippen molar-refractivity contribution in [2.45, 2.75) is 26.2 Å². The third-order valence-corrected chi connectivity index (χ3v) is 2.82. The Morgan fingerprint density at radius 2 is 2.12 bits per heavy atom. The topological polar surface area (TPSA) is 45.2 Å². The first-order valence-electron chi connectivity index (χ1n) is 6.13. The number of phenolic OH excluding ortho intramolecular Hbond substituents is 1. The highest BCUT2D eigenvalue weighted by molar-refractivity contribution is 5.91. The summed E-state index contributed by atoms with van der Waals surface area (Å²) in [6, 6.07) is 7.26. The molecule has 3 nitrogen and oxygen atoms in total. The molecule has 0 bridgehead atoms. The smallest absolute Gasteiger partial charge is 0.117 e. The fourth-order valence-electron chi connectivity index (χ4n) is 1.89. The molecular weight excluding hydrogens is 212 g/mol. The van der Waals surface area contributed by atoms with E-state index in [2.05, 4.69) is 17.2 Å². The van der Waals surface area contributed by atoms with E-state index in [9.17, 15) is 5.11 Å². The van der Waals surface area contributed by atoms with E-state index >= 15 is 0 Å². The van der Waals surface area contributed by atoms with Gasteiger partial charge in [-0.25, -0.2) is 0 Å². The molecule has 2 aromatic rings. The van der Waals surface area contributed by atoms with E-state index in [1.54, 1.807) is 18.3 Å². The van der Waals surface area contributed by atoms with Crippen LogP contribution in [0.1, 0.15) is 26.2 Å². The Morgan fingerprint density at radius 1 is 1.24 bits per heavy atom. The van der Waals surface area contributed by atoms with Crippen molar-refractivity contribution >= 4 is 16.6 Å². The lowest BCUT2D eigenvalue weighted by Crippen LogP contribution is -2.01. The van der Waals surface area contributed by atoms with Crippen molar-refractivity contribution in [2.24, 2.45) is 0 Å². The Balaban J connectivity index is 2.16. The summed E-state index contributed by atoms with van der Waals surface area (Å²) < 4.78 is 0. The van der Waals surface area contributed by atoms with Gasteiger partial charge in [-0.15, -0.1) is 0 Å². The second kappa shape index (κ2) is 5.53. The molecule has 90 valence electrons. The van der Waals surface area contributed by atoms with E-state index in [0.717, 1.165) is 23.1 Å². The van der Waals surface area contributed by atoms with Gasteiger partial charge in [0, 0.05) is 29.9 Å². The minimum Gasteiger partial charge on any atom is -0.508 e. The van der Waals surface area contributed by atoms with E-state index in [-0.39, 0.29) is 5.75 Å². The predicted octanol–water partition coefficient (Wildman–Crippen LogP) is 3.54. The minimum atomic E-state index is 0.258. The van der Waals surface area contributed by atoms with Gasteiger partial charge in [-0.2, -0.15) is 0 Å². The summed E-state index contributed by atoms with van der Waals surface area (Å²) in [4.78, 5) is 4.25. The molecule has 0 saturated heterocycles. The summed E-state index contributed by atoms with van der Waals surface area (Å²) in [6.07, 6.45) is 5.42. The lowest BCUT2D eigenvalue weighted by atomic mass is 10.1. The van der Waals surface area contributed by atoms with Crippen LogP contribution in [0.2, 0.25) is 0 Å². The van der Waals surface area contributed by atoms with Gasteiger partial charge in [-0.05, 0) is 24.6 Å². The molecule has 17 heavy (non-hydrogen) atoms. The first-order valence-corrected chi connectivity index (χ1v) is 6.13. The van der Waals surface area contributed by atoms with E-state index in [1.165, 1.54) is 19.3 Å². The van der Waals surface area contributed by atoms with Gasteiger partial charge in [0.15, 0.2) is 0 Å². The Kier molecular flexibility index (Phi) is 3.81. The van der Waals surface area contributed by atoms with Gasteiger partial charge in [-0.3, -0.25) is 4.98 Å². The zero-order valence-corrected chi connectivity index (χ0v) is 10.1. The number of aromatic nitrogens is 1. The molecule has 1 heterocycles. The maximum atomic E-state index is 9.41. The molecule has 0 aliphatic rings. The van der Waals surface area contributed by atoms with Crippen molar-refractivity contribution in [1.82, 2.24) is 4.98 Å². The second-order valence-corrected chi connectivity index (χ2v) is 4.19. The van der Waals surface area contributed by atoms with Crippen molar-refractivity contribution in [3.63, 3.8) is 0 Å². The molecule has 3 heteroatoms. The predicted molar refractivity (Wildman–Crippen MR) is 71.4 cm³/mol. The first kappa shape index (κ1) is 11.7. The highest BCUT2D eigenvalue weighted by Gasteiger charge is 2.01. The van der Waals surface area contributed by atoms with E-state index in [1.807, 2.05) is 12.1 Å². The molecule has 0 unspecified atom stereocenters. The van der Waals surface area contributed by atoms with Crippen LogP contribution in [0.5, 0.6) is 5.75 Å². The van der Waals surface area contributed by atoms with Crippen LogP contribution in [-0.2, 0) is 0 Å². The Labute approximate surface area is 102 Å². The number of unbranched alkanes of at least 4 members (excludes halogenated alkanes) is 2. The summed E-state index contributed by atoms with van der Waals surface area (Å²) >= 11 is 0. The Bertz CT molecular complexity index is 497. The number of hydrogen-bond donors (Lipinski definition) is 2. The molecule has 0 fully saturated rings. The van der Waals surface area contributed by atoms with Crippen LogP contribution in [0, 0.1) is 0 Å². The summed E-state index contributed by atoms with van der Waals surface area (Å²) in [5.41, 5.74) is 1.91. The molecular formula is C14H18N2O. The highest BCUT2D eigenvalue weighted by Crippen LogP contribution is 2.24. The van der Waals surface area contributed by atoms with Crippen LogP contribution in [-0.4, -0.2) is 16.6 Å². The van der Waals surface area contributed by atoms with Crippen molar-refractivity contribution in [3.05, 3.63) is 30.5 Å². The van der Waals surface area contributed by atoms with Gasteiger partial charge in [0.1, 0.15) is 5.75 Å². The number of nitrogens with one attached hydrogen (secondary N) is 1. The molecule has 1 aromatic carbocycles. The molecule has 2 N–H and O–H groups in total. The van der Waals surface area contributed by atoms with Crippen LogP contribution >= 0.6 is 0 Å². The summed E-state index contributed by atoms with van der Waals surface area (Å²) in [5, 5.41) is 13.9. The van der Waals surface area contributed by atoms with Crippen molar-refractivity contribution in [3.8, 4) is 5.75 Å². The number of hydrogen-bond acceptors (Lipinski definition) is 3. The van der Waals surface area contributed by atoms with E-state index < -0.39 is 0 Å². The number of phenols is 1. The van der Waals surface area contributed by atoms with Gasteiger partial charge in [0.25, 0.3) is 0 Å². The number of fused-ring (bicyclic) bond motifs is 1. The number of anilines is 1. The fraction of sp³-hybridized carbons (Fsp3) is 0.357. The average Bonchev–Trinajstić information content (AvgIpc) is 2.34. The standard InChI is InChI=1S/C14H18N2O/c1-2-3-4-8-15-13-7-9-16-14-10-11(17)5-6-12(13)14/h5-7,9-10,17H,2-4,8H2,1H3,(H,15,16). The fourth-order valence-corrected chi connectivity index (χ4v) is 1.89. The van der Waals surface area contributed by atoms with Crippen molar-refractivity contribution < 1.29 is 5.11 Å². The van der Waals surface area contributed by atoms with Crippen molar-refractivity contribution in [2.75, 3.05) is 11.9 Å². The van der Waals surface area contributed by atoms with Crippen molar-refractivity contribution in [1.29, 1.82) is 0 Å². The van der Waals surface area contributed by atoms with Crippen LogP contribution in [0.3, 0.4) is 0 Å². The van der Waals surface area contributed by atoms with Gasteiger partial charge in [-0.1, -0.05) is 19.8 Å². The number of benzene rings is 1. The summed E-state index contributed by atoms with van der Waals surface area (Å²) in [6.45, 7) is 3.18. The molecule has 1 aromatic heterocycles. The summed E-state index contributed by atoms with van der Waals surface area (Å²) in [7, 11) is 0. The highest BCUT2D eigenvalue weighted by atomic mass is 16.3. The maximum absolute atomic E-state index is 9.41. The molecule has 0 radical (unpaired) electrons. The molecule has 0 aliphatic heterocycles. The second-order valence-electron chi connectivity index (χ2n) is 4.19. The maximum Gasteiger partial charge on any atom is 0.117 e. The van der Waals surface area contributed by atoms with Gasteiger partial charge in [0.2, 0.25) is 0 Å². The lowest BCUT2D eigenvalue weighted by molar-refractivity contribution is 0.476. The third kappa shape index (κ3) is 2.87. The molecule has 0 aliphatic carbocycles. The zero-order valence-electron chi connectivity index (χ0n) is 10.1. The van der Waals surface area contributed by atoms with E-state index in [0.29, 0.717) is 0 Å². The third-order valence-electron chi connectivity index (χ3n) is 2.82. The number of aromatic hydroxyl groups is 1. The monoisotopic (exact) mass is 230 g/mol. The normalized spacial score (nSPS) is 10.6. The Morgan fingerprint density at radius 3 is 2.94 bits per heavy atom. The molecule has 0 spiro atoms. The van der Waals surface area contributed by atoms with Crippen LogP contribution in [0.25, 0.3) is 10.9 Å². The average molecular weight is 230 g/mol. The molecule has 0 saturated carbocycles. The van der Waals surface area contributed by atoms with Gasteiger partial charge < -0.3 is 10.4 Å². The molecule has 2 rings (SSSR count). The number of nitrogens with zero attached hydrogens (tertiary/aromatic N) is 1. The van der Waals surface area contributed by atoms with Gasteiger partial charge >= 0.3 is 0 Å². The molecule has 0 amide bonds. The zero-order chi connectivity index (χ0) is 12.1. The first-order chi connectivity index (χ1) is 8.31. The number of rotatable bonds is 5. The number of pyridine rings is 1. The van der Waals surface area contributed by atoms with Crippen LogP contribution in [0.15, 0.2) is 30.5 Å². The van der Waals surface area contributed by atoms with Gasteiger partial charge in [0.05, 0.1) is 5.52 Å². The van der Waals surface area contributed by atoms with Crippen LogP contribution in [0.4, 0.5) is 5.69 Å². The molecule has 0 atom stereocenters. The Hall–Kier alpha value is -1.77. The lowest BCUT2D eigenvalue weighted by Gasteiger charge is -2.09. The van der Waals surface area contributed by atoms with E-state index in [4.69, 9.17) is 0 Å².